The maximum absolute atomic E-state index is 11.0. The molecule has 1 atom stereocenters. The number of imidazole rings is 1. The maximum Gasteiger partial charge on any atom is 0.306 e. The van der Waals surface area contributed by atoms with Gasteiger partial charge in [-0.05, 0) is 37.1 Å². The molecule has 3 rings (SSSR count). The van der Waals surface area contributed by atoms with Crippen molar-refractivity contribution < 1.29 is 15.0 Å². The summed E-state index contributed by atoms with van der Waals surface area (Å²) < 4.78 is 0. The number of rotatable bonds is 2. The van der Waals surface area contributed by atoms with Gasteiger partial charge in [0.1, 0.15) is 11.6 Å². The van der Waals surface area contributed by atoms with Gasteiger partial charge in [-0.2, -0.15) is 0 Å². The Labute approximate surface area is 109 Å². The lowest BCUT2D eigenvalue weighted by Gasteiger charge is -2.16. The number of phenols is 1. The van der Waals surface area contributed by atoms with Crippen molar-refractivity contribution in [3.8, 4) is 17.1 Å². The Kier molecular flexibility index (Phi) is 2.74. The second-order valence-electron chi connectivity index (χ2n) is 4.84. The van der Waals surface area contributed by atoms with Crippen LogP contribution in [0.3, 0.4) is 0 Å². The molecule has 0 amide bonds. The van der Waals surface area contributed by atoms with Crippen LogP contribution in [-0.2, 0) is 17.6 Å². The first-order chi connectivity index (χ1) is 9.13. The first-order valence-electron chi connectivity index (χ1n) is 6.23. The predicted molar refractivity (Wildman–Crippen MR) is 68.8 cm³/mol. The van der Waals surface area contributed by atoms with Crippen molar-refractivity contribution in [2.45, 2.75) is 19.3 Å². The van der Waals surface area contributed by atoms with Crippen LogP contribution in [-0.4, -0.2) is 26.2 Å². The van der Waals surface area contributed by atoms with Crippen molar-refractivity contribution in [3.05, 3.63) is 35.7 Å². The molecule has 1 unspecified atom stereocenters. The summed E-state index contributed by atoms with van der Waals surface area (Å²) in [7, 11) is 0. The van der Waals surface area contributed by atoms with E-state index in [1.54, 1.807) is 24.3 Å². The number of aryl methyl sites for hydroxylation is 1. The maximum atomic E-state index is 11.0. The standard InChI is InChI=1S/C14H14N2O3/c17-10-4-1-8(2-5-10)13-15-11-6-3-9(14(18)19)7-12(11)16-13/h1-2,4-5,9,17H,3,6-7H2,(H,15,16)(H,18,19). The average Bonchev–Trinajstić information content (AvgIpc) is 2.82. The lowest BCUT2D eigenvalue weighted by atomic mass is 9.90. The van der Waals surface area contributed by atoms with E-state index in [0.717, 1.165) is 22.8 Å². The summed E-state index contributed by atoms with van der Waals surface area (Å²) in [6.45, 7) is 0. The molecule has 1 aliphatic carbocycles. The number of aliphatic carboxylic acids is 1. The van der Waals surface area contributed by atoms with Gasteiger partial charge < -0.3 is 15.2 Å². The molecular weight excluding hydrogens is 244 g/mol. The minimum absolute atomic E-state index is 0.214. The first-order valence-corrected chi connectivity index (χ1v) is 6.23. The molecule has 0 spiro atoms. The third-order valence-corrected chi connectivity index (χ3v) is 3.53. The van der Waals surface area contributed by atoms with Crippen LogP contribution in [0.5, 0.6) is 5.75 Å². The van der Waals surface area contributed by atoms with E-state index in [4.69, 9.17) is 5.11 Å². The molecule has 98 valence electrons. The second-order valence-corrected chi connectivity index (χ2v) is 4.84. The van der Waals surface area contributed by atoms with Crippen molar-refractivity contribution in [3.63, 3.8) is 0 Å². The zero-order valence-corrected chi connectivity index (χ0v) is 10.3. The lowest BCUT2D eigenvalue weighted by molar-refractivity contribution is -0.142. The van der Waals surface area contributed by atoms with E-state index in [2.05, 4.69) is 9.97 Å². The first kappa shape index (κ1) is 11.8. The third-order valence-electron chi connectivity index (χ3n) is 3.53. The van der Waals surface area contributed by atoms with Crippen LogP contribution < -0.4 is 0 Å². The van der Waals surface area contributed by atoms with E-state index < -0.39 is 5.97 Å². The number of aromatic amines is 1. The van der Waals surface area contributed by atoms with E-state index in [1.165, 1.54) is 0 Å². The average molecular weight is 258 g/mol. The van der Waals surface area contributed by atoms with Gasteiger partial charge in [0.05, 0.1) is 11.6 Å². The van der Waals surface area contributed by atoms with Gasteiger partial charge >= 0.3 is 5.97 Å². The Morgan fingerprint density at radius 2 is 2.05 bits per heavy atom. The Morgan fingerprint density at radius 1 is 1.32 bits per heavy atom. The number of aromatic hydroxyl groups is 1. The van der Waals surface area contributed by atoms with Gasteiger partial charge in [-0.25, -0.2) is 4.98 Å². The Balaban J connectivity index is 1.91. The molecule has 1 aromatic heterocycles. The summed E-state index contributed by atoms with van der Waals surface area (Å²) in [5.74, 6) is -0.117. The molecule has 2 aromatic rings. The molecule has 1 heterocycles. The lowest BCUT2D eigenvalue weighted by Crippen LogP contribution is -2.22. The Bertz CT molecular complexity index is 616. The third kappa shape index (κ3) is 2.19. The molecule has 0 fully saturated rings. The number of nitrogens with one attached hydrogen (secondary N) is 1. The fourth-order valence-corrected chi connectivity index (χ4v) is 2.45. The summed E-state index contributed by atoms with van der Waals surface area (Å²) >= 11 is 0. The van der Waals surface area contributed by atoms with Crippen molar-refractivity contribution in [2.24, 2.45) is 5.92 Å². The number of fused-ring (bicyclic) bond motifs is 1. The van der Waals surface area contributed by atoms with Crippen LogP contribution in [0, 0.1) is 5.92 Å². The van der Waals surface area contributed by atoms with Crippen LogP contribution in [0.25, 0.3) is 11.4 Å². The summed E-state index contributed by atoms with van der Waals surface area (Å²) in [4.78, 5) is 18.7. The highest BCUT2D eigenvalue weighted by Crippen LogP contribution is 2.27. The summed E-state index contributed by atoms with van der Waals surface area (Å²) in [5, 5.41) is 18.3. The van der Waals surface area contributed by atoms with Gasteiger partial charge in [-0.3, -0.25) is 4.79 Å². The molecule has 1 aromatic carbocycles. The molecule has 0 bridgehead atoms. The number of carboxylic acid groups (broad SMARTS) is 1. The van der Waals surface area contributed by atoms with E-state index in [9.17, 15) is 9.90 Å². The number of benzene rings is 1. The number of aromatic nitrogens is 2. The quantitative estimate of drug-likeness (QED) is 0.768. The highest BCUT2D eigenvalue weighted by atomic mass is 16.4. The number of nitrogens with zero attached hydrogens (tertiary/aromatic N) is 1. The van der Waals surface area contributed by atoms with Gasteiger partial charge in [0.15, 0.2) is 0 Å². The Hall–Kier alpha value is -2.30. The SMILES string of the molecule is O=C(O)C1CCc2nc(-c3ccc(O)cc3)[nH]c2C1. The van der Waals surface area contributed by atoms with Gasteiger partial charge in [-0.15, -0.1) is 0 Å². The van der Waals surface area contributed by atoms with E-state index >= 15 is 0 Å². The molecule has 1 aliphatic rings. The minimum atomic E-state index is -0.744. The fourth-order valence-electron chi connectivity index (χ4n) is 2.45. The fraction of sp³-hybridized carbons (Fsp3) is 0.286. The molecule has 19 heavy (non-hydrogen) atoms. The zero-order valence-electron chi connectivity index (χ0n) is 10.3. The molecule has 3 N–H and O–H groups in total. The largest absolute Gasteiger partial charge is 0.508 e. The highest BCUT2D eigenvalue weighted by Gasteiger charge is 2.26. The molecule has 0 saturated heterocycles. The number of hydrogen-bond acceptors (Lipinski definition) is 3. The number of H-pyrrole nitrogens is 1. The van der Waals surface area contributed by atoms with Crippen LogP contribution in [0.4, 0.5) is 0 Å². The molecule has 5 heteroatoms. The number of phenolic OH excluding ortho intramolecular Hbond substituents is 1. The van der Waals surface area contributed by atoms with E-state index in [1.807, 2.05) is 0 Å². The number of carbonyl (C=O) groups is 1. The van der Waals surface area contributed by atoms with E-state index in [0.29, 0.717) is 19.3 Å². The predicted octanol–water partition coefficient (Wildman–Crippen LogP) is 1.97. The molecule has 5 nitrogen and oxygen atoms in total. The van der Waals surface area contributed by atoms with Crippen molar-refractivity contribution in [2.75, 3.05) is 0 Å². The Morgan fingerprint density at radius 3 is 2.74 bits per heavy atom. The smallest absolute Gasteiger partial charge is 0.306 e. The molecule has 0 radical (unpaired) electrons. The van der Waals surface area contributed by atoms with Crippen molar-refractivity contribution in [1.82, 2.24) is 9.97 Å². The van der Waals surface area contributed by atoms with Crippen LogP contribution in [0.15, 0.2) is 24.3 Å². The van der Waals surface area contributed by atoms with Gasteiger partial charge in [0.2, 0.25) is 0 Å². The molecular formula is C14H14N2O3. The second kappa shape index (κ2) is 4.42. The molecule has 0 aliphatic heterocycles. The van der Waals surface area contributed by atoms with Gasteiger partial charge in [-0.1, -0.05) is 0 Å². The van der Waals surface area contributed by atoms with Gasteiger partial charge in [0.25, 0.3) is 0 Å². The summed E-state index contributed by atoms with van der Waals surface area (Å²) in [6.07, 6.45) is 1.85. The minimum Gasteiger partial charge on any atom is -0.508 e. The highest BCUT2D eigenvalue weighted by molar-refractivity contribution is 5.71. The van der Waals surface area contributed by atoms with Crippen molar-refractivity contribution in [1.29, 1.82) is 0 Å². The van der Waals surface area contributed by atoms with Crippen LogP contribution >= 0.6 is 0 Å². The molecule has 0 saturated carbocycles. The zero-order chi connectivity index (χ0) is 13.4. The van der Waals surface area contributed by atoms with Crippen LogP contribution in [0.1, 0.15) is 17.8 Å². The monoisotopic (exact) mass is 258 g/mol. The number of hydrogen-bond donors (Lipinski definition) is 3. The summed E-state index contributed by atoms with van der Waals surface area (Å²) in [6, 6.07) is 6.79. The van der Waals surface area contributed by atoms with Crippen molar-refractivity contribution >= 4 is 5.97 Å². The normalized spacial score (nSPS) is 18.0. The van der Waals surface area contributed by atoms with Crippen LogP contribution in [0.2, 0.25) is 0 Å². The summed E-state index contributed by atoms with van der Waals surface area (Å²) in [5.41, 5.74) is 2.77. The topological polar surface area (TPSA) is 86.2 Å². The van der Waals surface area contributed by atoms with E-state index in [-0.39, 0.29) is 11.7 Å². The number of carboxylic acids is 1. The van der Waals surface area contributed by atoms with Gasteiger partial charge in [0, 0.05) is 17.7 Å².